The lowest BCUT2D eigenvalue weighted by atomic mass is 9.49. The number of carbonyl (C=O) groups excluding carboxylic acids is 1. The van der Waals surface area contributed by atoms with E-state index in [1.807, 2.05) is 11.6 Å². The molecule has 1 aromatic carbocycles. The molecule has 4 aliphatic carbocycles. The average molecular weight is 476 g/mol. The molecule has 4 bridgehead atoms. The summed E-state index contributed by atoms with van der Waals surface area (Å²) in [5, 5.41) is 23.4. The summed E-state index contributed by atoms with van der Waals surface area (Å²) in [5.74, 6) is 3.50. The molecule has 0 radical (unpaired) electrons. The summed E-state index contributed by atoms with van der Waals surface area (Å²) in [7, 11) is 1.97. The van der Waals surface area contributed by atoms with Crippen molar-refractivity contribution in [2.75, 3.05) is 11.1 Å². The first kappa shape index (κ1) is 21.7. The molecule has 170 valence electrons. The zero-order valence-electron chi connectivity index (χ0n) is 17.9. The molecule has 1 heterocycles. The van der Waals surface area contributed by atoms with Gasteiger partial charge in [0.15, 0.2) is 5.16 Å². The van der Waals surface area contributed by atoms with E-state index in [2.05, 4.69) is 15.5 Å². The molecule has 6 rings (SSSR count). The standard InChI is InChI=1S/C22H26ClN5O3S/c1-27-19(11-22-8-13-4-14(9-22)6-15(5-13)10-22)25-26-21(27)32-12-20(29)24-18-7-16(28(30)31)2-3-17(18)23/h2-3,7,13-15H,4-6,8-12H2,1H3,(H,24,29). The fraction of sp³-hybridized carbons (Fsp3) is 0.591. The van der Waals surface area contributed by atoms with Crippen LogP contribution in [0, 0.1) is 33.3 Å². The van der Waals surface area contributed by atoms with Crippen LogP contribution >= 0.6 is 23.4 Å². The van der Waals surface area contributed by atoms with Crippen LogP contribution in [-0.4, -0.2) is 31.3 Å². The maximum Gasteiger partial charge on any atom is 0.271 e. The topological polar surface area (TPSA) is 103 Å². The van der Waals surface area contributed by atoms with Gasteiger partial charge in [-0.15, -0.1) is 10.2 Å². The highest BCUT2D eigenvalue weighted by Crippen LogP contribution is 2.60. The minimum atomic E-state index is -0.522. The van der Waals surface area contributed by atoms with Crippen molar-refractivity contribution < 1.29 is 9.72 Å². The molecule has 1 N–H and O–H groups in total. The molecule has 0 unspecified atom stereocenters. The molecule has 4 fully saturated rings. The van der Waals surface area contributed by atoms with Gasteiger partial charge in [0, 0.05) is 25.6 Å². The molecular formula is C22H26ClN5O3S. The predicted molar refractivity (Wildman–Crippen MR) is 123 cm³/mol. The minimum Gasteiger partial charge on any atom is -0.324 e. The van der Waals surface area contributed by atoms with Gasteiger partial charge in [0.25, 0.3) is 5.69 Å². The molecule has 0 atom stereocenters. The summed E-state index contributed by atoms with van der Waals surface area (Å²) in [6, 6.07) is 3.97. The Morgan fingerprint density at radius 3 is 2.53 bits per heavy atom. The molecule has 2 aromatic rings. The Morgan fingerprint density at radius 2 is 1.91 bits per heavy atom. The average Bonchev–Trinajstić information content (AvgIpc) is 3.05. The number of halogens is 1. The first-order valence-corrected chi connectivity index (χ1v) is 12.4. The van der Waals surface area contributed by atoms with E-state index in [9.17, 15) is 14.9 Å². The predicted octanol–water partition coefficient (Wildman–Crippen LogP) is 4.87. The minimum absolute atomic E-state index is 0.113. The SMILES string of the molecule is Cn1c(CC23CC4CC(CC(C4)C2)C3)nnc1SCC(=O)Nc1cc([N+](=O)[O-])ccc1Cl. The Hall–Kier alpha value is -2.13. The molecule has 0 aliphatic heterocycles. The van der Waals surface area contributed by atoms with Crippen molar-refractivity contribution in [3.05, 3.63) is 39.2 Å². The fourth-order valence-electron chi connectivity index (χ4n) is 6.51. The molecule has 4 saturated carbocycles. The number of nitrogens with zero attached hydrogens (tertiary/aromatic N) is 4. The van der Waals surface area contributed by atoms with Gasteiger partial charge < -0.3 is 9.88 Å². The van der Waals surface area contributed by atoms with Crippen LogP contribution in [0.1, 0.15) is 44.3 Å². The van der Waals surface area contributed by atoms with E-state index >= 15 is 0 Å². The summed E-state index contributed by atoms with van der Waals surface area (Å²) in [6.45, 7) is 0. The van der Waals surface area contributed by atoms with Crippen molar-refractivity contribution in [2.24, 2.45) is 30.2 Å². The van der Waals surface area contributed by atoms with E-state index in [4.69, 9.17) is 11.6 Å². The Labute approximate surface area is 195 Å². The van der Waals surface area contributed by atoms with Crippen LogP contribution in [0.15, 0.2) is 23.4 Å². The van der Waals surface area contributed by atoms with E-state index in [1.54, 1.807) is 0 Å². The second-order valence-corrected chi connectivity index (χ2v) is 11.2. The number of carbonyl (C=O) groups is 1. The van der Waals surface area contributed by atoms with Gasteiger partial charge in [0.05, 0.1) is 21.4 Å². The summed E-state index contributed by atoms with van der Waals surface area (Å²) >= 11 is 7.37. The molecule has 8 nitrogen and oxygen atoms in total. The first-order chi connectivity index (χ1) is 15.3. The van der Waals surface area contributed by atoms with Crippen LogP contribution in [0.4, 0.5) is 11.4 Å². The van der Waals surface area contributed by atoms with Gasteiger partial charge in [0.2, 0.25) is 5.91 Å². The third-order valence-electron chi connectivity index (χ3n) is 7.39. The second-order valence-electron chi connectivity index (χ2n) is 9.81. The van der Waals surface area contributed by atoms with Gasteiger partial charge in [0.1, 0.15) is 5.82 Å². The van der Waals surface area contributed by atoms with Crippen LogP contribution in [0.5, 0.6) is 0 Å². The molecule has 1 amide bonds. The maximum absolute atomic E-state index is 12.4. The number of non-ortho nitro benzene ring substituents is 1. The van der Waals surface area contributed by atoms with Crippen molar-refractivity contribution in [1.29, 1.82) is 0 Å². The molecule has 4 aliphatic rings. The smallest absolute Gasteiger partial charge is 0.271 e. The first-order valence-electron chi connectivity index (χ1n) is 11.0. The quantitative estimate of drug-likeness (QED) is 0.348. The van der Waals surface area contributed by atoms with Crippen molar-refractivity contribution in [3.8, 4) is 0 Å². The van der Waals surface area contributed by atoms with E-state index in [0.29, 0.717) is 10.6 Å². The van der Waals surface area contributed by atoms with E-state index in [0.717, 1.165) is 30.0 Å². The van der Waals surface area contributed by atoms with Crippen molar-refractivity contribution in [3.63, 3.8) is 0 Å². The molecule has 0 saturated heterocycles. The Balaban J connectivity index is 1.21. The van der Waals surface area contributed by atoms with Crippen molar-refractivity contribution >= 4 is 40.6 Å². The number of hydrogen-bond donors (Lipinski definition) is 1. The van der Waals surface area contributed by atoms with Gasteiger partial charge in [-0.2, -0.15) is 0 Å². The normalized spacial score (nSPS) is 28.1. The number of hydrogen-bond acceptors (Lipinski definition) is 6. The largest absolute Gasteiger partial charge is 0.324 e. The van der Waals surface area contributed by atoms with Crippen LogP contribution < -0.4 is 5.32 Å². The maximum atomic E-state index is 12.4. The number of aromatic nitrogens is 3. The molecule has 0 spiro atoms. The number of nitro groups is 1. The summed E-state index contributed by atoms with van der Waals surface area (Å²) < 4.78 is 2.01. The van der Waals surface area contributed by atoms with Gasteiger partial charge >= 0.3 is 0 Å². The van der Waals surface area contributed by atoms with E-state index in [-0.39, 0.29) is 28.1 Å². The van der Waals surface area contributed by atoms with Gasteiger partial charge in [-0.3, -0.25) is 14.9 Å². The summed E-state index contributed by atoms with van der Waals surface area (Å²) in [6.07, 6.45) is 9.19. The summed E-state index contributed by atoms with van der Waals surface area (Å²) in [5.41, 5.74) is 0.486. The number of rotatable bonds is 7. The highest BCUT2D eigenvalue weighted by molar-refractivity contribution is 7.99. The second kappa shape index (κ2) is 8.33. The monoisotopic (exact) mass is 475 g/mol. The Morgan fingerprint density at radius 1 is 1.25 bits per heavy atom. The summed E-state index contributed by atoms with van der Waals surface area (Å²) in [4.78, 5) is 22.9. The van der Waals surface area contributed by atoms with Gasteiger partial charge in [-0.25, -0.2) is 0 Å². The number of benzene rings is 1. The number of amides is 1. The third-order valence-corrected chi connectivity index (χ3v) is 8.74. The number of nitro benzene ring substituents is 1. The highest BCUT2D eigenvalue weighted by atomic mass is 35.5. The van der Waals surface area contributed by atoms with E-state index < -0.39 is 4.92 Å². The Kier molecular flexibility index (Phi) is 5.65. The van der Waals surface area contributed by atoms with Crippen LogP contribution in [-0.2, 0) is 18.3 Å². The van der Waals surface area contributed by atoms with Crippen LogP contribution in [0.3, 0.4) is 0 Å². The number of thioether (sulfide) groups is 1. The molecule has 10 heteroatoms. The zero-order chi connectivity index (χ0) is 22.5. The molecule has 32 heavy (non-hydrogen) atoms. The lowest BCUT2D eigenvalue weighted by molar-refractivity contribution is -0.384. The van der Waals surface area contributed by atoms with Crippen molar-refractivity contribution in [1.82, 2.24) is 14.8 Å². The Bertz CT molecular complexity index is 1040. The van der Waals surface area contributed by atoms with Crippen LogP contribution in [0.2, 0.25) is 5.02 Å². The number of anilines is 1. The third kappa shape index (κ3) is 4.24. The molecule has 1 aromatic heterocycles. The lowest BCUT2D eigenvalue weighted by Crippen LogP contribution is -2.47. The van der Waals surface area contributed by atoms with E-state index in [1.165, 1.54) is 68.5 Å². The van der Waals surface area contributed by atoms with Gasteiger partial charge in [-0.1, -0.05) is 23.4 Å². The van der Waals surface area contributed by atoms with Crippen LogP contribution in [0.25, 0.3) is 0 Å². The fourth-order valence-corrected chi connectivity index (χ4v) is 7.40. The number of nitrogens with one attached hydrogen (secondary N) is 1. The van der Waals surface area contributed by atoms with Gasteiger partial charge in [-0.05, 0) is 67.8 Å². The molecular weight excluding hydrogens is 450 g/mol. The lowest BCUT2D eigenvalue weighted by Gasteiger charge is -2.56. The highest BCUT2D eigenvalue weighted by Gasteiger charge is 2.51. The van der Waals surface area contributed by atoms with Crippen molar-refractivity contribution in [2.45, 2.75) is 50.1 Å². The zero-order valence-corrected chi connectivity index (χ0v) is 19.5.